The highest BCUT2D eigenvalue weighted by molar-refractivity contribution is 5.80. The summed E-state index contributed by atoms with van der Waals surface area (Å²) < 4.78 is 10.5. The number of hydrogen-bond donors (Lipinski definition) is 1. The molecule has 0 radical (unpaired) electrons. The molecule has 5 heteroatoms. The van der Waals surface area contributed by atoms with Gasteiger partial charge in [-0.05, 0) is 0 Å². The van der Waals surface area contributed by atoms with Crippen LogP contribution in [-0.4, -0.2) is 44.7 Å². The van der Waals surface area contributed by atoms with E-state index < -0.39 is 0 Å². The summed E-state index contributed by atoms with van der Waals surface area (Å²) in [6.07, 6.45) is 0.956. The molecule has 18 heavy (non-hydrogen) atoms. The Balaban J connectivity index is 3.17. The SMILES string of the molecule is CCC(=O)NCCOCCOCCC(=O)C(C)C. The van der Waals surface area contributed by atoms with Gasteiger partial charge in [0.2, 0.25) is 5.91 Å². The minimum atomic E-state index is 0.0297. The standard InChI is InChI=1S/C13H25NO4/c1-4-13(16)14-6-8-18-10-9-17-7-5-12(15)11(2)3/h11H,4-10H2,1-3H3,(H,14,16). The molecule has 0 rings (SSSR count). The highest BCUT2D eigenvalue weighted by atomic mass is 16.5. The summed E-state index contributed by atoms with van der Waals surface area (Å²) in [7, 11) is 0. The van der Waals surface area contributed by atoms with E-state index in [1.54, 1.807) is 0 Å². The highest BCUT2D eigenvalue weighted by Crippen LogP contribution is 1.98. The van der Waals surface area contributed by atoms with Gasteiger partial charge in [-0.15, -0.1) is 0 Å². The first kappa shape index (κ1) is 17.1. The Labute approximate surface area is 109 Å². The first-order valence-electron chi connectivity index (χ1n) is 6.52. The van der Waals surface area contributed by atoms with E-state index in [9.17, 15) is 9.59 Å². The molecule has 1 amide bonds. The second-order valence-corrected chi connectivity index (χ2v) is 4.30. The first-order chi connectivity index (χ1) is 8.57. The van der Waals surface area contributed by atoms with Crippen molar-refractivity contribution in [3.63, 3.8) is 0 Å². The third-order valence-corrected chi connectivity index (χ3v) is 2.40. The van der Waals surface area contributed by atoms with Crippen LogP contribution in [0.1, 0.15) is 33.6 Å². The van der Waals surface area contributed by atoms with Crippen LogP contribution in [0, 0.1) is 5.92 Å². The Morgan fingerprint density at radius 3 is 2.22 bits per heavy atom. The van der Waals surface area contributed by atoms with Crippen LogP contribution in [0.15, 0.2) is 0 Å². The Hall–Kier alpha value is -0.940. The average Bonchev–Trinajstić information content (AvgIpc) is 2.35. The summed E-state index contributed by atoms with van der Waals surface area (Å²) >= 11 is 0. The lowest BCUT2D eigenvalue weighted by Crippen LogP contribution is -2.26. The zero-order valence-electron chi connectivity index (χ0n) is 11.7. The van der Waals surface area contributed by atoms with Gasteiger partial charge in [-0.25, -0.2) is 0 Å². The van der Waals surface area contributed by atoms with Gasteiger partial charge in [-0.2, -0.15) is 0 Å². The van der Waals surface area contributed by atoms with E-state index in [0.29, 0.717) is 45.8 Å². The molecular formula is C13H25NO4. The number of carbonyl (C=O) groups excluding carboxylic acids is 2. The van der Waals surface area contributed by atoms with Gasteiger partial charge < -0.3 is 14.8 Å². The molecule has 5 nitrogen and oxygen atoms in total. The molecule has 0 saturated heterocycles. The number of hydrogen-bond acceptors (Lipinski definition) is 4. The zero-order valence-corrected chi connectivity index (χ0v) is 11.7. The van der Waals surface area contributed by atoms with Gasteiger partial charge in [-0.1, -0.05) is 20.8 Å². The monoisotopic (exact) mass is 259 g/mol. The van der Waals surface area contributed by atoms with Crippen LogP contribution in [0.25, 0.3) is 0 Å². The maximum absolute atomic E-state index is 11.3. The molecule has 0 atom stereocenters. The van der Waals surface area contributed by atoms with E-state index in [4.69, 9.17) is 9.47 Å². The lowest BCUT2D eigenvalue weighted by Gasteiger charge is -2.07. The van der Waals surface area contributed by atoms with Gasteiger partial charge in [0.1, 0.15) is 5.78 Å². The second-order valence-electron chi connectivity index (χ2n) is 4.30. The minimum Gasteiger partial charge on any atom is -0.379 e. The maximum atomic E-state index is 11.3. The normalized spacial score (nSPS) is 10.7. The summed E-state index contributed by atoms with van der Waals surface area (Å²) in [4.78, 5) is 22.1. The molecule has 0 saturated carbocycles. The fourth-order valence-electron chi connectivity index (χ4n) is 1.17. The van der Waals surface area contributed by atoms with Crippen LogP contribution in [0.3, 0.4) is 0 Å². The van der Waals surface area contributed by atoms with Crippen LogP contribution in [0.5, 0.6) is 0 Å². The van der Waals surface area contributed by atoms with Gasteiger partial charge in [0.15, 0.2) is 0 Å². The fraction of sp³-hybridized carbons (Fsp3) is 0.846. The second kappa shape index (κ2) is 11.2. The average molecular weight is 259 g/mol. The zero-order chi connectivity index (χ0) is 13.8. The summed E-state index contributed by atoms with van der Waals surface area (Å²) in [6.45, 7) is 8.00. The van der Waals surface area contributed by atoms with Crippen molar-refractivity contribution < 1.29 is 19.1 Å². The Kier molecular flexibility index (Phi) is 10.6. The number of ether oxygens (including phenoxy) is 2. The number of nitrogens with one attached hydrogen (secondary N) is 1. The minimum absolute atomic E-state index is 0.0297. The van der Waals surface area contributed by atoms with E-state index in [0.717, 1.165) is 0 Å². The third-order valence-electron chi connectivity index (χ3n) is 2.40. The van der Waals surface area contributed by atoms with Gasteiger partial charge >= 0.3 is 0 Å². The van der Waals surface area contributed by atoms with Crippen molar-refractivity contribution in [3.05, 3.63) is 0 Å². The van der Waals surface area contributed by atoms with Crippen LogP contribution in [0.2, 0.25) is 0 Å². The predicted molar refractivity (Wildman–Crippen MR) is 69.4 cm³/mol. The smallest absolute Gasteiger partial charge is 0.219 e. The molecule has 0 aromatic heterocycles. The Morgan fingerprint density at radius 1 is 1.06 bits per heavy atom. The summed E-state index contributed by atoms with van der Waals surface area (Å²) in [6, 6.07) is 0. The van der Waals surface area contributed by atoms with E-state index in [-0.39, 0.29) is 17.6 Å². The topological polar surface area (TPSA) is 64.6 Å². The molecule has 0 aliphatic carbocycles. The quantitative estimate of drug-likeness (QED) is 0.566. The van der Waals surface area contributed by atoms with E-state index in [1.165, 1.54) is 0 Å². The molecule has 0 aromatic carbocycles. The largest absolute Gasteiger partial charge is 0.379 e. The van der Waals surface area contributed by atoms with Crippen molar-refractivity contribution >= 4 is 11.7 Å². The lowest BCUT2D eigenvalue weighted by atomic mass is 10.1. The molecule has 0 aliphatic heterocycles. The molecular weight excluding hydrogens is 234 g/mol. The molecule has 0 aliphatic rings. The molecule has 0 fully saturated rings. The lowest BCUT2D eigenvalue weighted by molar-refractivity contribution is -0.123. The number of ketones is 1. The summed E-state index contributed by atoms with van der Waals surface area (Å²) in [5.74, 6) is 0.326. The third kappa shape index (κ3) is 10.2. The number of Topliss-reactive ketones (excluding diaryl/α,β-unsaturated/α-hetero) is 1. The first-order valence-corrected chi connectivity index (χ1v) is 6.52. The molecule has 0 heterocycles. The molecule has 0 spiro atoms. The van der Waals surface area contributed by atoms with Crippen LogP contribution in [0.4, 0.5) is 0 Å². The van der Waals surface area contributed by atoms with E-state index >= 15 is 0 Å². The van der Waals surface area contributed by atoms with Crippen LogP contribution >= 0.6 is 0 Å². The predicted octanol–water partition coefficient (Wildman–Crippen LogP) is 1.16. The maximum Gasteiger partial charge on any atom is 0.219 e. The summed E-state index contributed by atoms with van der Waals surface area (Å²) in [5.41, 5.74) is 0. The molecule has 0 unspecified atom stereocenters. The van der Waals surface area contributed by atoms with E-state index in [2.05, 4.69) is 5.32 Å². The number of carbonyl (C=O) groups is 2. The number of rotatable bonds is 11. The summed E-state index contributed by atoms with van der Waals surface area (Å²) in [5, 5.41) is 2.71. The van der Waals surface area contributed by atoms with Crippen LogP contribution < -0.4 is 5.32 Å². The fourth-order valence-corrected chi connectivity index (χ4v) is 1.17. The van der Waals surface area contributed by atoms with Gasteiger partial charge in [-0.3, -0.25) is 9.59 Å². The highest BCUT2D eigenvalue weighted by Gasteiger charge is 2.05. The van der Waals surface area contributed by atoms with Crippen molar-refractivity contribution in [2.45, 2.75) is 33.6 Å². The van der Waals surface area contributed by atoms with Gasteiger partial charge in [0.25, 0.3) is 0 Å². The van der Waals surface area contributed by atoms with E-state index in [1.807, 2.05) is 20.8 Å². The van der Waals surface area contributed by atoms with Gasteiger partial charge in [0.05, 0.1) is 26.4 Å². The molecule has 0 aromatic rings. The Bertz CT molecular complexity index is 241. The number of amides is 1. The van der Waals surface area contributed by atoms with Crippen molar-refractivity contribution in [1.29, 1.82) is 0 Å². The van der Waals surface area contributed by atoms with Crippen molar-refractivity contribution in [3.8, 4) is 0 Å². The molecule has 0 bridgehead atoms. The molecule has 106 valence electrons. The van der Waals surface area contributed by atoms with Crippen molar-refractivity contribution in [1.82, 2.24) is 5.32 Å². The van der Waals surface area contributed by atoms with Gasteiger partial charge in [0, 0.05) is 25.3 Å². The van der Waals surface area contributed by atoms with Crippen LogP contribution in [-0.2, 0) is 19.1 Å². The Morgan fingerprint density at radius 2 is 1.67 bits per heavy atom. The van der Waals surface area contributed by atoms with Crippen molar-refractivity contribution in [2.75, 3.05) is 33.0 Å². The van der Waals surface area contributed by atoms with Crippen molar-refractivity contribution in [2.24, 2.45) is 5.92 Å². The molecule has 1 N–H and O–H groups in total.